The van der Waals surface area contributed by atoms with Crippen LogP contribution in [0.1, 0.15) is 74.7 Å². The summed E-state index contributed by atoms with van der Waals surface area (Å²) in [7, 11) is 3.84. The van der Waals surface area contributed by atoms with Gasteiger partial charge in [-0.25, -0.2) is 4.79 Å². The summed E-state index contributed by atoms with van der Waals surface area (Å²) in [6, 6.07) is 12.8. The van der Waals surface area contributed by atoms with Gasteiger partial charge in [0, 0.05) is 35.8 Å². The number of aliphatic hydroxyl groups is 1. The van der Waals surface area contributed by atoms with Gasteiger partial charge in [0.2, 0.25) is 0 Å². The van der Waals surface area contributed by atoms with Crippen molar-refractivity contribution in [2.24, 2.45) is 33.8 Å². The van der Waals surface area contributed by atoms with Crippen molar-refractivity contribution in [3.63, 3.8) is 0 Å². The molecule has 16 heteroatoms. The number of likely N-dealkylation sites (N-methyl/N-ethyl adjacent to an activating group) is 1. The molecule has 0 aromatic heterocycles. The van der Waals surface area contributed by atoms with E-state index in [9.17, 15) is 19.5 Å². The number of ether oxygens (including phenoxy) is 6. The highest BCUT2D eigenvalue weighted by Crippen LogP contribution is 2.45. The maximum atomic E-state index is 14.6. The first kappa shape index (κ1) is 46.8. The molecule has 0 saturated carbocycles. The summed E-state index contributed by atoms with van der Waals surface area (Å²) in [6.07, 6.45) is -3.80. The first-order valence-corrected chi connectivity index (χ1v) is 22.6. The van der Waals surface area contributed by atoms with Crippen LogP contribution in [-0.4, -0.2) is 151 Å². The fourth-order valence-corrected chi connectivity index (χ4v) is 10.9. The van der Waals surface area contributed by atoms with Gasteiger partial charge >= 0.3 is 12.1 Å². The van der Waals surface area contributed by atoms with Crippen LogP contribution in [0.15, 0.2) is 52.6 Å². The Balaban J connectivity index is 1.25. The largest absolute Gasteiger partial charge is 0.458 e. The average Bonchev–Trinajstić information content (AvgIpc) is 3.38. The molecular formula is C47H67N5O11. The monoisotopic (exact) mass is 877 g/mol. The van der Waals surface area contributed by atoms with Crippen LogP contribution in [-0.2, 0) is 42.8 Å². The van der Waals surface area contributed by atoms with Crippen molar-refractivity contribution < 1.29 is 52.7 Å². The number of rotatable bonds is 8. The number of carbonyl (C=O) groups is 3. The Hall–Kier alpha value is -4.19. The van der Waals surface area contributed by atoms with Crippen molar-refractivity contribution in [2.75, 3.05) is 52.3 Å². The lowest BCUT2D eigenvalue weighted by Crippen LogP contribution is -2.60. The zero-order chi connectivity index (χ0) is 45.4. The number of hydrogen-bond donors (Lipinski definition) is 2. The number of nitrogens with one attached hydrogen (secondary N) is 1. The smallest absolute Gasteiger partial charge is 0.410 e. The van der Waals surface area contributed by atoms with E-state index in [4.69, 9.17) is 38.3 Å². The van der Waals surface area contributed by atoms with E-state index < -0.39 is 77.8 Å². The normalized spacial score (nSPS) is 38.4. The molecule has 7 rings (SSSR count). The summed E-state index contributed by atoms with van der Waals surface area (Å²) in [6.45, 7) is 15.7. The van der Waals surface area contributed by atoms with E-state index in [1.54, 1.807) is 11.8 Å². The van der Waals surface area contributed by atoms with Crippen LogP contribution in [0.4, 0.5) is 10.5 Å². The van der Waals surface area contributed by atoms with Crippen LogP contribution >= 0.6 is 0 Å². The maximum Gasteiger partial charge on any atom is 0.410 e. The minimum atomic E-state index is -1.16. The number of nitrogens with zero attached hydrogens (tertiary/aromatic N) is 4. The van der Waals surface area contributed by atoms with E-state index >= 15 is 0 Å². The van der Waals surface area contributed by atoms with Gasteiger partial charge in [-0.1, -0.05) is 63.2 Å². The van der Waals surface area contributed by atoms with Crippen molar-refractivity contribution in [3.8, 4) is 0 Å². The number of aliphatic imine (C=N–C) groups is 1. The SMILES string of the molecule is CC[C@@H]1OC(=O)[C@H](C)[C@H]2OCC(=NOCC(=O)Nc3ccc4ccccc4c3)CO[C@](C)(C[C@@H](C)C3=NCCN4C(=O)O[C@@]1(C)[C@H]4[C@H]3C)[C@@H](O[C@H]1O[C@@H](C)C[C@@H](N(C)C)[C@@H]1O)[C@@H]2C. The lowest BCUT2D eigenvalue weighted by Gasteiger charge is -2.48. The van der Waals surface area contributed by atoms with Crippen LogP contribution in [0.3, 0.4) is 0 Å². The molecule has 0 spiro atoms. The lowest BCUT2D eigenvalue weighted by molar-refractivity contribution is -0.302. The van der Waals surface area contributed by atoms with Gasteiger partial charge in [-0.3, -0.25) is 19.5 Å². The maximum absolute atomic E-state index is 14.6. The van der Waals surface area contributed by atoms with Crippen LogP contribution in [0.5, 0.6) is 0 Å². The van der Waals surface area contributed by atoms with E-state index in [0.717, 1.165) is 16.5 Å². The lowest BCUT2D eigenvalue weighted by atomic mass is 9.72. The fraction of sp³-hybridized carbons (Fsp3) is 0.681. The molecule has 0 aliphatic carbocycles. The van der Waals surface area contributed by atoms with E-state index in [1.165, 1.54) is 0 Å². The summed E-state index contributed by atoms with van der Waals surface area (Å²) < 4.78 is 39.7. The number of anilines is 1. The Morgan fingerprint density at radius 2 is 1.79 bits per heavy atom. The molecule has 14 atom stereocenters. The van der Waals surface area contributed by atoms with Gasteiger partial charge < -0.3 is 48.6 Å². The molecule has 2 amide bonds. The second-order valence-corrected chi connectivity index (χ2v) is 18.9. The third-order valence-corrected chi connectivity index (χ3v) is 14.0. The van der Waals surface area contributed by atoms with E-state index in [-0.39, 0.29) is 43.8 Å². The Kier molecular flexibility index (Phi) is 14.2. The first-order chi connectivity index (χ1) is 29.9. The summed E-state index contributed by atoms with van der Waals surface area (Å²) in [5.74, 6) is -2.87. The predicted octanol–water partition coefficient (Wildman–Crippen LogP) is 5.44. The quantitative estimate of drug-likeness (QED) is 0.254. The molecule has 5 heterocycles. The molecule has 4 fully saturated rings. The highest BCUT2D eigenvalue weighted by atomic mass is 16.7. The van der Waals surface area contributed by atoms with Crippen molar-refractivity contribution >= 4 is 45.9 Å². The van der Waals surface area contributed by atoms with Gasteiger partial charge in [0.15, 0.2) is 18.5 Å². The summed E-state index contributed by atoms with van der Waals surface area (Å²) in [4.78, 5) is 55.7. The van der Waals surface area contributed by atoms with Gasteiger partial charge in [0.1, 0.15) is 17.9 Å². The second-order valence-electron chi connectivity index (χ2n) is 18.9. The minimum Gasteiger partial charge on any atom is -0.458 e. The molecule has 5 aliphatic heterocycles. The summed E-state index contributed by atoms with van der Waals surface area (Å²) >= 11 is 0. The molecule has 16 nitrogen and oxygen atoms in total. The van der Waals surface area contributed by atoms with Crippen molar-refractivity contribution in [1.82, 2.24) is 9.80 Å². The third kappa shape index (κ3) is 9.62. The Labute approximate surface area is 370 Å². The number of fused-ring (bicyclic) bond motifs is 5. The number of hydrogen-bond acceptors (Lipinski definition) is 14. The highest BCUT2D eigenvalue weighted by Gasteiger charge is 2.60. The molecule has 5 aliphatic rings. The topological polar surface area (TPSA) is 179 Å². The first-order valence-electron chi connectivity index (χ1n) is 22.6. The van der Waals surface area contributed by atoms with Crippen LogP contribution < -0.4 is 5.32 Å². The fourth-order valence-electron chi connectivity index (χ4n) is 10.9. The molecule has 4 saturated heterocycles. The Morgan fingerprint density at radius 1 is 1.05 bits per heavy atom. The molecule has 2 aromatic carbocycles. The number of oxime groups is 1. The highest BCUT2D eigenvalue weighted by molar-refractivity contribution is 5.95. The number of amides is 2. The van der Waals surface area contributed by atoms with E-state index in [1.807, 2.05) is 96.1 Å². The predicted molar refractivity (Wildman–Crippen MR) is 236 cm³/mol. The zero-order valence-corrected chi connectivity index (χ0v) is 38.4. The van der Waals surface area contributed by atoms with Crippen molar-refractivity contribution in [3.05, 3.63) is 42.5 Å². The number of carbonyl (C=O) groups excluding carboxylic acids is 3. The van der Waals surface area contributed by atoms with Crippen LogP contribution in [0.2, 0.25) is 0 Å². The van der Waals surface area contributed by atoms with Crippen molar-refractivity contribution in [1.29, 1.82) is 0 Å². The molecule has 0 unspecified atom stereocenters. The molecule has 2 aromatic rings. The van der Waals surface area contributed by atoms with Crippen LogP contribution in [0.25, 0.3) is 10.8 Å². The average molecular weight is 878 g/mol. The second kappa shape index (κ2) is 19.1. The molecule has 63 heavy (non-hydrogen) atoms. The van der Waals surface area contributed by atoms with Gasteiger partial charge in [0.25, 0.3) is 5.91 Å². The van der Waals surface area contributed by atoms with Gasteiger partial charge in [-0.15, -0.1) is 0 Å². The summed E-state index contributed by atoms with van der Waals surface area (Å²) in [5.41, 5.74) is -0.464. The molecule has 346 valence electrons. The molecule has 4 bridgehead atoms. The van der Waals surface area contributed by atoms with E-state index in [2.05, 4.69) is 24.3 Å². The van der Waals surface area contributed by atoms with Crippen LogP contribution in [0, 0.1) is 23.7 Å². The number of aliphatic hydroxyl groups excluding tert-OH is 1. The van der Waals surface area contributed by atoms with Gasteiger partial charge in [-0.2, -0.15) is 0 Å². The number of cyclic esters (lactones) is 1. The molecule has 0 radical (unpaired) electrons. The summed E-state index contributed by atoms with van der Waals surface area (Å²) in [5, 5.41) is 21.1. The molecule has 2 N–H and O–H groups in total. The number of esters is 1. The Morgan fingerprint density at radius 3 is 2.52 bits per heavy atom. The number of benzene rings is 2. The molecular weight excluding hydrogens is 811 g/mol. The van der Waals surface area contributed by atoms with Crippen molar-refractivity contribution in [2.45, 2.75) is 135 Å². The third-order valence-electron chi connectivity index (χ3n) is 14.0. The van der Waals surface area contributed by atoms with Gasteiger partial charge in [-0.05, 0) is 89.9 Å². The minimum absolute atomic E-state index is 0.0742. The van der Waals surface area contributed by atoms with Gasteiger partial charge in [0.05, 0.1) is 55.6 Å². The zero-order valence-electron chi connectivity index (χ0n) is 38.4. The van der Waals surface area contributed by atoms with E-state index in [0.29, 0.717) is 43.8 Å². The Bertz CT molecular complexity index is 2050. The standard InChI is InChI=1S/C47H67N5O11/c1-11-36-47(8)41-28(4)38(48-18-19-52(41)45(56)63-47)26(2)22-46(7)42(62-44-39(54)35(51(9)10)20-27(3)60-44)29(5)40(30(6)43(55)61-36)57-23-34(24-58-46)50-59-25-37(53)49-33-17-16-31-14-12-13-15-32(31)21-33/h12-17,21,26-30,35-36,39-42,44,54H,11,18-20,22-25H2,1-10H3,(H,49,53)/t26-,27+,28+,29-,30-,35-,36+,39+,40+,41-,42+,44-,46-,47-/m1/s1.